The van der Waals surface area contributed by atoms with E-state index in [0.717, 1.165) is 24.5 Å². The van der Waals surface area contributed by atoms with Gasteiger partial charge >= 0.3 is 0 Å². The lowest BCUT2D eigenvalue weighted by atomic mass is 10.1. The Bertz CT molecular complexity index is 1340. The third-order valence-electron chi connectivity index (χ3n) is 6.12. The maximum atomic E-state index is 13.4. The number of anilines is 4. The van der Waals surface area contributed by atoms with Crippen molar-refractivity contribution < 1.29 is 24.0 Å². The molecule has 1 saturated heterocycles. The SMILES string of the molecule is COc1cc(C(=O)N(C)c2ccccc2N2CCOCC2)ccc1NC(=O)c1cccc([N+](=O)[O-])c1N. The number of carbonyl (C=O) groups is 2. The molecule has 0 atom stereocenters. The van der Waals surface area contributed by atoms with Gasteiger partial charge < -0.3 is 30.3 Å². The summed E-state index contributed by atoms with van der Waals surface area (Å²) in [6.07, 6.45) is 0. The van der Waals surface area contributed by atoms with Gasteiger partial charge in [-0.25, -0.2) is 0 Å². The first kappa shape index (κ1) is 25.5. The Balaban J connectivity index is 1.57. The normalized spacial score (nSPS) is 13.1. The molecule has 1 aliphatic heterocycles. The highest BCUT2D eigenvalue weighted by Crippen LogP contribution is 2.32. The first-order valence-electron chi connectivity index (χ1n) is 11.5. The van der Waals surface area contributed by atoms with E-state index < -0.39 is 10.8 Å². The molecule has 3 aromatic rings. The van der Waals surface area contributed by atoms with Crippen molar-refractivity contribution in [2.45, 2.75) is 0 Å². The summed E-state index contributed by atoms with van der Waals surface area (Å²) >= 11 is 0. The second-order valence-electron chi connectivity index (χ2n) is 8.32. The van der Waals surface area contributed by atoms with Gasteiger partial charge in [-0.2, -0.15) is 0 Å². The number of nitrogens with zero attached hydrogens (tertiary/aromatic N) is 3. The number of nitro benzene ring substituents is 1. The standard InChI is InChI=1S/C26H27N5O6/c1-29(20-7-3-4-8-21(20)30-12-14-37-15-13-30)26(33)17-10-11-19(23(16-17)36-2)28-25(32)18-6-5-9-22(24(18)27)31(34)35/h3-11,16H,12-15,27H2,1-2H3,(H,28,32). The molecular weight excluding hydrogens is 478 g/mol. The molecule has 37 heavy (non-hydrogen) atoms. The van der Waals surface area contributed by atoms with Crippen molar-refractivity contribution in [3.05, 3.63) is 81.9 Å². The van der Waals surface area contributed by atoms with Crippen LogP contribution in [0.1, 0.15) is 20.7 Å². The Hall–Kier alpha value is -4.64. The monoisotopic (exact) mass is 505 g/mol. The molecule has 0 spiro atoms. The van der Waals surface area contributed by atoms with Crippen molar-refractivity contribution in [2.24, 2.45) is 0 Å². The smallest absolute Gasteiger partial charge is 0.292 e. The van der Waals surface area contributed by atoms with Gasteiger partial charge in [-0.3, -0.25) is 19.7 Å². The van der Waals surface area contributed by atoms with Crippen LogP contribution in [0, 0.1) is 10.1 Å². The number of nitro groups is 1. The van der Waals surface area contributed by atoms with Crippen molar-refractivity contribution in [2.75, 3.05) is 61.3 Å². The molecule has 3 aromatic carbocycles. The number of nitrogen functional groups attached to an aromatic ring is 1. The predicted octanol–water partition coefficient (Wildman–Crippen LogP) is 3.55. The second kappa shape index (κ2) is 11.0. The van der Waals surface area contributed by atoms with Crippen LogP contribution in [-0.2, 0) is 4.74 Å². The number of morpholine rings is 1. The zero-order valence-electron chi connectivity index (χ0n) is 20.5. The van der Waals surface area contributed by atoms with Crippen LogP contribution in [-0.4, -0.2) is 57.2 Å². The van der Waals surface area contributed by atoms with Crippen LogP contribution in [0.25, 0.3) is 0 Å². The molecule has 1 aliphatic rings. The minimum atomic E-state index is -0.652. The number of hydrogen-bond acceptors (Lipinski definition) is 8. The zero-order chi connectivity index (χ0) is 26.5. The van der Waals surface area contributed by atoms with E-state index in [4.69, 9.17) is 15.2 Å². The highest BCUT2D eigenvalue weighted by molar-refractivity contribution is 6.11. The number of para-hydroxylation sites is 3. The molecule has 0 radical (unpaired) electrons. The summed E-state index contributed by atoms with van der Waals surface area (Å²) in [4.78, 5) is 40.5. The summed E-state index contributed by atoms with van der Waals surface area (Å²) in [6, 6.07) is 16.3. The minimum Gasteiger partial charge on any atom is -0.495 e. The summed E-state index contributed by atoms with van der Waals surface area (Å²) in [7, 11) is 3.12. The van der Waals surface area contributed by atoms with E-state index in [0.29, 0.717) is 18.8 Å². The van der Waals surface area contributed by atoms with Gasteiger partial charge in [0.05, 0.1) is 47.9 Å². The summed E-state index contributed by atoms with van der Waals surface area (Å²) in [5.74, 6) is -0.659. The molecule has 0 aromatic heterocycles. The molecule has 1 fully saturated rings. The average Bonchev–Trinajstić information content (AvgIpc) is 2.92. The van der Waals surface area contributed by atoms with Gasteiger partial charge in [-0.1, -0.05) is 18.2 Å². The number of amides is 2. The molecular formula is C26H27N5O6. The fourth-order valence-electron chi connectivity index (χ4n) is 4.15. The fourth-order valence-corrected chi connectivity index (χ4v) is 4.15. The van der Waals surface area contributed by atoms with Crippen molar-refractivity contribution in [3.63, 3.8) is 0 Å². The lowest BCUT2D eigenvalue weighted by Gasteiger charge is -2.32. The topological polar surface area (TPSA) is 140 Å². The Morgan fingerprint density at radius 3 is 2.54 bits per heavy atom. The molecule has 2 amide bonds. The number of carbonyl (C=O) groups excluding carboxylic acids is 2. The largest absolute Gasteiger partial charge is 0.495 e. The molecule has 0 saturated carbocycles. The Kier molecular flexibility index (Phi) is 7.54. The molecule has 0 unspecified atom stereocenters. The van der Waals surface area contributed by atoms with E-state index >= 15 is 0 Å². The van der Waals surface area contributed by atoms with Crippen LogP contribution < -0.4 is 25.6 Å². The van der Waals surface area contributed by atoms with Crippen LogP contribution in [0.2, 0.25) is 0 Å². The van der Waals surface area contributed by atoms with E-state index in [2.05, 4.69) is 10.2 Å². The molecule has 192 valence electrons. The lowest BCUT2D eigenvalue weighted by Crippen LogP contribution is -2.38. The maximum Gasteiger partial charge on any atom is 0.292 e. The van der Waals surface area contributed by atoms with Crippen LogP contribution in [0.4, 0.5) is 28.4 Å². The highest BCUT2D eigenvalue weighted by atomic mass is 16.6. The van der Waals surface area contributed by atoms with E-state index in [1.54, 1.807) is 24.1 Å². The van der Waals surface area contributed by atoms with Gasteiger partial charge in [0.15, 0.2) is 0 Å². The van der Waals surface area contributed by atoms with E-state index in [1.807, 2.05) is 24.3 Å². The van der Waals surface area contributed by atoms with Gasteiger partial charge in [0.25, 0.3) is 17.5 Å². The van der Waals surface area contributed by atoms with Gasteiger partial charge in [0, 0.05) is 31.8 Å². The van der Waals surface area contributed by atoms with Crippen LogP contribution in [0.3, 0.4) is 0 Å². The van der Waals surface area contributed by atoms with Gasteiger partial charge in [0.2, 0.25) is 0 Å². The minimum absolute atomic E-state index is 0.0455. The van der Waals surface area contributed by atoms with E-state index in [1.165, 1.54) is 31.4 Å². The summed E-state index contributed by atoms with van der Waals surface area (Å²) in [6.45, 7) is 2.71. The third kappa shape index (κ3) is 5.31. The third-order valence-corrected chi connectivity index (χ3v) is 6.12. The number of rotatable bonds is 7. The van der Waals surface area contributed by atoms with Crippen molar-refractivity contribution >= 4 is 40.3 Å². The molecule has 1 heterocycles. The average molecular weight is 506 g/mol. The lowest BCUT2D eigenvalue weighted by molar-refractivity contribution is -0.383. The quantitative estimate of drug-likeness (QED) is 0.282. The Morgan fingerprint density at radius 1 is 1.11 bits per heavy atom. The van der Waals surface area contributed by atoms with Crippen molar-refractivity contribution in [3.8, 4) is 5.75 Å². The molecule has 3 N–H and O–H groups in total. The molecule has 11 heteroatoms. The molecule has 0 bridgehead atoms. The van der Waals surface area contributed by atoms with Crippen molar-refractivity contribution in [1.29, 1.82) is 0 Å². The van der Waals surface area contributed by atoms with E-state index in [9.17, 15) is 19.7 Å². The zero-order valence-corrected chi connectivity index (χ0v) is 20.5. The van der Waals surface area contributed by atoms with Crippen LogP contribution in [0.5, 0.6) is 5.75 Å². The fraction of sp³-hybridized carbons (Fsp3) is 0.231. The van der Waals surface area contributed by atoms with Crippen LogP contribution in [0.15, 0.2) is 60.7 Å². The summed E-state index contributed by atoms with van der Waals surface area (Å²) in [5, 5.41) is 13.8. The number of nitrogens with two attached hydrogens (primary N) is 1. The van der Waals surface area contributed by atoms with Gasteiger partial charge in [-0.05, 0) is 36.4 Å². The molecule has 4 rings (SSSR count). The number of ether oxygens (including phenoxy) is 2. The van der Waals surface area contributed by atoms with Gasteiger partial charge in [0.1, 0.15) is 11.4 Å². The molecule has 11 nitrogen and oxygen atoms in total. The van der Waals surface area contributed by atoms with Gasteiger partial charge in [-0.15, -0.1) is 0 Å². The Labute approximate surface area is 213 Å². The highest BCUT2D eigenvalue weighted by Gasteiger charge is 2.23. The number of methoxy groups -OCH3 is 1. The first-order chi connectivity index (χ1) is 17.8. The Morgan fingerprint density at radius 2 is 1.84 bits per heavy atom. The maximum absolute atomic E-state index is 13.4. The van der Waals surface area contributed by atoms with Crippen LogP contribution >= 0.6 is 0 Å². The summed E-state index contributed by atoms with van der Waals surface area (Å²) < 4.78 is 10.9. The first-order valence-corrected chi connectivity index (χ1v) is 11.5. The van der Waals surface area contributed by atoms with E-state index in [-0.39, 0.29) is 34.3 Å². The molecule has 0 aliphatic carbocycles. The summed E-state index contributed by atoms with van der Waals surface area (Å²) in [5.41, 5.74) is 7.52. The predicted molar refractivity (Wildman–Crippen MR) is 141 cm³/mol. The number of nitrogens with one attached hydrogen (secondary N) is 1. The second-order valence-corrected chi connectivity index (χ2v) is 8.32. The number of benzene rings is 3. The van der Waals surface area contributed by atoms with Crippen molar-refractivity contribution in [1.82, 2.24) is 0 Å². The number of hydrogen-bond donors (Lipinski definition) is 2.